The number of aromatic amines is 1. The first kappa shape index (κ1) is 20.6. The predicted octanol–water partition coefficient (Wildman–Crippen LogP) is 3.07. The van der Waals surface area contributed by atoms with Crippen LogP contribution in [0.15, 0.2) is 42.6 Å². The number of carbonyl (C=O) groups excluding carboxylic acids is 1. The van der Waals surface area contributed by atoms with Gasteiger partial charge < -0.3 is 30.2 Å². The van der Waals surface area contributed by atoms with Crippen molar-refractivity contribution in [2.45, 2.75) is 0 Å². The second kappa shape index (κ2) is 8.23. The maximum Gasteiger partial charge on any atom is 0.248 e. The number of amides is 1. The molecule has 0 atom stereocenters. The van der Waals surface area contributed by atoms with Gasteiger partial charge in [-0.15, -0.1) is 0 Å². The van der Waals surface area contributed by atoms with Crippen LogP contribution in [0.2, 0.25) is 0 Å². The zero-order chi connectivity index (χ0) is 22.8. The third-order valence-electron chi connectivity index (χ3n) is 4.97. The molecule has 32 heavy (non-hydrogen) atoms. The van der Waals surface area contributed by atoms with Crippen molar-refractivity contribution < 1.29 is 19.0 Å². The Morgan fingerprint density at radius 1 is 1.12 bits per heavy atom. The standard InChI is InChI=1S/C22H20N6O4/c1-30-16-8-15(9-17(31-2)19(16)32-3)26-22-18(12-4-6-13(7-5-12)20(24)29)27-21-14(10-23)11-25-28(21)22/h4-9,11,26-27H,1-3H3,(H2,24,29). The summed E-state index contributed by atoms with van der Waals surface area (Å²) in [6.45, 7) is 0. The van der Waals surface area contributed by atoms with E-state index < -0.39 is 5.91 Å². The minimum atomic E-state index is -0.514. The summed E-state index contributed by atoms with van der Waals surface area (Å²) in [6.07, 6.45) is 1.48. The molecule has 1 amide bonds. The molecule has 0 radical (unpaired) electrons. The number of aromatic nitrogens is 3. The Morgan fingerprint density at radius 2 is 1.78 bits per heavy atom. The molecule has 10 nitrogen and oxygen atoms in total. The summed E-state index contributed by atoms with van der Waals surface area (Å²) in [5.41, 5.74) is 8.72. The first-order valence-electron chi connectivity index (χ1n) is 9.47. The number of imidazole rings is 1. The molecule has 10 heteroatoms. The van der Waals surface area contributed by atoms with Crippen LogP contribution in [-0.4, -0.2) is 41.8 Å². The number of ether oxygens (including phenoxy) is 3. The van der Waals surface area contributed by atoms with Gasteiger partial charge in [0.2, 0.25) is 11.7 Å². The van der Waals surface area contributed by atoms with E-state index in [-0.39, 0.29) is 0 Å². The lowest BCUT2D eigenvalue weighted by Gasteiger charge is -2.15. The van der Waals surface area contributed by atoms with Crippen LogP contribution in [0.3, 0.4) is 0 Å². The highest BCUT2D eigenvalue weighted by Gasteiger charge is 2.20. The van der Waals surface area contributed by atoms with E-state index in [1.165, 1.54) is 27.5 Å². The van der Waals surface area contributed by atoms with Crippen LogP contribution in [0, 0.1) is 11.3 Å². The smallest absolute Gasteiger partial charge is 0.248 e. The van der Waals surface area contributed by atoms with E-state index in [1.807, 2.05) is 0 Å². The quantitative estimate of drug-likeness (QED) is 0.408. The molecule has 0 aliphatic rings. The number of fused-ring (bicyclic) bond motifs is 1. The molecule has 0 saturated heterocycles. The Hall–Kier alpha value is -4.65. The van der Waals surface area contributed by atoms with Gasteiger partial charge in [-0.3, -0.25) is 4.79 Å². The molecule has 0 saturated carbocycles. The molecular formula is C22H20N6O4. The van der Waals surface area contributed by atoms with E-state index >= 15 is 0 Å². The normalized spacial score (nSPS) is 10.6. The van der Waals surface area contributed by atoms with Gasteiger partial charge in [0.15, 0.2) is 23.0 Å². The Balaban J connectivity index is 1.87. The van der Waals surface area contributed by atoms with Crippen molar-refractivity contribution in [3.63, 3.8) is 0 Å². The van der Waals surface area contributed by atoms with Gasteiger partial charge in [-0.1, -0.05) is 12.1 Å². The summed E-state index contributed by atoms with van der Waals surface area (Å²) < 4.78 is 17.9. The van der Waals surface area contributed by atoms with Crippen LogP contribution in [0.1, 0.15) is 15.9 Å². The number of methoxy groups -OCH3 is 3. The molecule has 2 aromatic heterocycles. The van der Waals surface area contributed by atoms with Crippen LogP contribution < -0.4 is 25.3 Å². The molecule has 2 heterocycles. The predicted molar refractivity (Wildman–Crippen MR) is 118 cm³/mol. The van der Waals surface area contributed by atoms with Gasteiger partial charge in [0.25, 0.3) is 0 Å². The van der Waals surface area contributed by atoms with E-state index in [2.05, 4.69) is 21.5 Å². The first-order chi connectivity index (χ1) is 15.5. The van der Waals surface area contributed by atoms with Crippen molar-refractivity contribution in [2.75, 3.05) is 26.6 Å². The minimum Gasteiger partial charge on any atom is -0.493 e. The number of nitrogens with zero attached hydrogens (tertiary/aromatic N) is 3. The van der Waals surface area contributed by atoms with E-state index in [1.54, 1.807) is 40.9 Å². The molecule has 0 aliphatic carbocycles. The van der Waals surface area contributed by atoms with Gasteiger partial charge in [-0.25, -0.2) is 0 Å². The first-order valence-corrected chi connectivity index (χ1v) is 9.47. The Morgan fingerprint density at radius 3 is 2.31 bits per heavy atom. The number of nitrogens with one attached hydrogen (secondary N) is 2. The Bertz CT molecular complexity index is 1320. The monoisotopic (exact) mass is 432 g/mol. The number of primary amides is 1. The molecule has 0 fully saturated rings. The second-order valence-corrected chi connectivity index (χ2v) is 6.76. The highest BCUT2D eigenvalue weighted by Crippen LogP contribution is 2.41. The summed E-state index contributed by atoms with van der Waals surface area (Å²) >= 11 is 0. The van der Waals surface area contributed by atoms with Gasteiger partial charge in [-0.2, -0.15) is 14.9 Å². The lowest BCUT2D eigenvalue weighted by atomic mass is 10.1. The largest absolute Gasteiger partial charge is 0.493 e. The lowest BCUT2D eigenvalue weighted by molar-refractivity contribution is 0.100. The van der Waals surface area contributed by atoms with E-state index in [0.29, 0.717) is 51.2 Å². The van der Waals surface area contributed by atoms with Gasteiger partial charge in [0.1, 0.15) is 11.6 Å². The number of rotatable bonds is 7. The number of nitriles is 1. The summed E-state index contributed by atoms with van der Waals surface area (Å²) in [7, 11) is 4.60. The molecule has 4 rings (SSSR count). The molecule has 162 valence electrons. The fourth-order valence-corrected chi connectivity index (χ4v) is 3.42. The van der Waals surface area contributed by atoms with Crippen LogP contribution >= 0.6 is 0 Å². The molecule has 4 aromatic rings. The SMILES string of the molecule is COc1cc(Nc2c(-c3ccc(C(N)=O)cc3)[nH]c3c(C#N)cnn23)cc(OC)c1OC. The van der Waals surface area contributed by atoms with Gasteiger partial charge in [0, 0.05) is 28.9 Å². The Kier molecular flexibility index (Phi) is 5.30. The zero-order valence-electron chi connectivity index (χ0n) is 17.6. The van der Waals surface area contributed by atoms with Crippen molar-refractivity contribution in [1.82, 2.24) is 14.6 Å². The maximum absolute atomic E-state index is 11.4. The van der Waals surface area contributed by atoms with Crippen LogP contribution in [0.4, 0.5) is 11.5 Å². The molecule has 2 aromatic carbocycles. The molecule has 0 spiro atoms. The van der Waals surface area contributed by atoms with Gasteiger partial charge in [0.05, 0.1) is 33.2 Å². The van der Waals surface area contributed by atoms with E-state index in [9.17, 15) is 10.1 Å². The minimum absolute atomic E-state index is 0.387. The summed E-state index contributed by atoms with van der Waals surface area (Å²) in [4.78, 5) is 14.7. The number of nitrogens with two attached hydrogens (primary N) is 1. The zero-order valence-corrected chi connectivity index (χ0v) is 17.6. The fraction of sp³-hybridized carbons (Fsp3) is 0.136. The van der Waals surface area contributed by atoms with Gasteiger partial charge in [-0.05, 0) is 12.1 Å². The van der Waals surface area contributed by atoms with Crippen molar-refractivity contribution >= 4 is 23.1 Å². The van der Waals surface area contributed by atoms with Crippen molar-refractivity contribution in [3.8, 4) is 34.6 Å². The van der Waals surface area contributed by atoms with Crippen LogP contribution in [-0.2, 0) is 0 Å². The molecule has 0 aliphatic heterocycles. The van der Waals surface area contributed by atoms with Crippen molar-refractivity contribution in [1.29, 1.82) is 5.26 Å². The summed E-state index contributed by atoms with van der Waals surface area (Å²) in [5.74, 6) is 1.48. The lowest BCUT2D eigenvalue weighted by Crippen LogP contribution is -2.10. The topological polar surface area (TPSA) is 140 Å². The number of anilines is 2. The molecule has 4 N–H and O–H groups in total. The average Bonchev–Trinajstić information content (AvgIpc) is 3.38. The number of hydrogen-bond donors (Lipinski definition) is 3. The number of hydrogen-bond acceptors (Lipinski definition) is 7. The molecular weight excluding hydrogens is 412 g/mol. The third kappa shape index (κ3) is 3.41. The number of H-pyrrole nitrogens is 1. The third-order valence-corrected chi connectivity index (χ3v) is 4.97. The second-order valence-electron chi connectivity index (χ2n) is 6.76. The van der Waals surface area contributed by atoms with Gasteiger partial charge >= 0.3 is 0 Å². The Labute approximate surface area is 183 Å². The van der Waals surface area contributed by atoms with Crippen LogP contribution in [0.5, 0.6) is 17.2 Å². The summed E-state index contributed by atoms with van der Waals surface area (Å²) in [5, 5.41) is 17.1. The van der Waals surface area contributed by atoms with E-state index in [4.69, 9.17) is 19.9 Å². The average molecular weight is 432 g/mol. The number of benzene rings is 2. The van der Waals surface area contributed by atoms with E-state index in [0.717, 1.165) is 5.56 Å². The summed E-state index contributed by atoms with van der Waals surface area (Å²) in [6, 6.07) is 12.4. The molecule has 0 unspecified atom stereocenters. The maximum atomic E-state index is 11.4. The highest BCUT2D eigenvalue weighted by molar-refractivity contribution is 5.93. The molecule has 0 bridgehead atoms. The van der Waals surface area contributed by atoms with Crippen molar-refractivity contribution in [2.24, 2.45) is 5.73 Å². The van der Waals surface area contributed by atoms with Crippen molar-refractivity contribution in [3.05, 3.63) is 53.7 Å². The number of carbonyl (C=O) groups is 1. The van der Waals surface area contributed by atoms with Crippen LogP contribution in [0.25, 0.3) is 16.9 Å². The highest BCUT2D eigenvalue weighted by atomic mass is 16.5. The fourth-order valence-electron chi connectivity index (χ4n) is 3.42.